The van der Waals surface area contributed by atoms with E-state index in [1.54, 1.807) is 66.7 Å². The normalized spacial score (nSPS) is 11.2. The van der Waals surface area contributed by atoms with E-state index >= 15 is 4.57 Å². The maximum absolute atomic E-state index is 15.0. The van der Waals surface area contributed by atoms with Crippen molar-refractivity contribution in [3.63, 3.8) is 0 Å². The highest BCUT2D eigenvalue weighted by Crippen LogP contribution is 2.55. The van der Waals surface area contributed by atoms with Crippen LogP contribution in [0.3, 0.4) is 0 Å². The molecular formula is C34H19Cl4O5P. The summed E-state index contributed by atoms with van der Waals surface area (Å²) in [6, 6.07) is 28.9. The van der Waals surface area contributed by atoms with Crippen molar-refractivity contribution in [2.45, 2.75) is 0 Å². The summed E-state index contributed by atoms with van der Waals surface area (Å²) < 4.78 is 15.0. The molecule has 0 N–H and O–H groups in total. The topological polar surface area (TPSA) is 85.3 Å². The minimum Gasteiger partial charge on any atom is -0.302 e. The van der Waals surface area contributed by atoms with Crippen LogP contribution in [0.5, 0.6) is 0 Å². The van der Waals surface area contributed by atoms with Gasteiger partial charge in [-0.25, -0.2) is 0 Å². The summed E-state index contributed by atoms with van der Waals surface area (Å²) in [7, 11) is -4.89. The molecule has 0 saturated carbocycles. The minimum absolute atomic E-state index is 0.0794. The number of hydrogen-bond donors (Lipinski definition) is 0. The zero-order chi connectivity index (χ0) is 31.6. The molecule has 0 heterocycles. The second-order valence-corrected chi connectivity index (χ2v) is 13.6. The number of halogens is 4. The summed E-state index contributed by atoms with van der Waals surface area (Å²) in [5.74, 6) is -1.03. The van der Waals surface area contributed by atoms with Gasteiger partial charge in [0.1, 0.15) is 0 Å². The van der Waals surface area contributed by atoms with Crippen molar-refractivity contribution in [2.75, 3.05) is 0 Å². The van der Waals surface area contributed by atoms with Gasteiger partial charge in [-0.3, -0.25) is 19.2 Å². The predicted molar refractivity (Wildman–Crippen MR) is 175 cm³/mol. The second kappa shape index (κ2) is 13.0. The SMILES string of the molecule is O=C(c1ccccc1)c1ccc(Cl)c(C(=O)P(=O)(C(=O)c2c(Cl)ccc(C(=O)c3ccccc3)c2Cl)c2ccccc2)c1Cl. The van der Waals surface area contributed by atoms with E-state index in [-0.39, 0.29) is 47.6 Å². The Labute approximate surface area is 272 Å². The Bertz CT molecular complexity index is 1870. The molecule has 0 aromatic heterocycles. The van der Waals surface area contributed by atoms with E-state index < -0.39 is 40.9 Å². The summed E-state index contributed by atoms with van der Waals surface area (Å²) in [5, 5.41) is -1.33. The lowest BCUT2D eigenvalue weighted by Crippen LogP contribution is -2.22. The van der Waals surface area contributed by atoms with Crippen LogP contribution >= 0.6 is 53.5 Å². The summed E-state index contributed by atoms with van der Waals surface area (Å²) in [6.07, 6.45) is 0. The van der Waals surface area contributed by atoms with E-state index in [2.05, 4.69) is 0 Å². The van der Waals surface area contributed by atoms with Crippen molar-refractivity contribution in [3.8, 4) is 0 Å². The Morgan fingerprint density at radius 1 is 0.455 bits per heavy atom. The molecule has 5 aromatic carbocycles. The molecule has 5 nitrogen and oxygen atoms in total. The van der Waals surface area contributed by atoms with Crippen LogP contribution in [0, 0.1) is 0 Å². The van der Waals surface area contributed by atoms with Crippen LogP contribution in [-0.4, -0.2) is 22.6 Å². The maximum Gasteiger partial charge on any atom is 0.248 e. The zero-order valence-corrected chi connectivity index (χ0v) is 26.4. The van der Waals surface area contributed by atoms with Gasteiger partial charge in [-0.1, -0.05) is 137 Å². The van der Waals surface area contributed by atoms with Gasteiger partial charge >= 0.3 is 0 Å². The van der Waals surface area contributed by atoms with Crippen LogP contribution in [0.15, 0.2) is 115 Å². The summed E-state index contributed by atoms with van der Waals surface area (Å²) in [4.78, 5) is 55.3. The number of hydrogen-bond acceptors (Lipinski definition) is 5. The molecule has 0 unspecified atom stereocenters. The van der Waals surface area contributed by atoms with Crippen LogP contribution in [0.1, 0.15) is 52.6 Å². The Morgan fingerprint density at radius 2 is 0.795 bits per heavy atom. The van der Waals surface area contributed by atoms with E-state index in [9.17, 15) is 19.2 Å². The first-order chi connectivity index (χ1) is 21.1. The molecule has 0 amide bonds. The smallest absolute Gasteiger partial charge is 0.248 e. The van der Waals surface area contributed by atoms with Crippen molar-refractivity contribution in [2.24, 2.45) is 0 Å². The lowest BCUT2D eigenvalue weighted by molar-refractivity contribution is 0.103. The van der Waals surface area contributed by atoms with Gasteiger partial charge in [0.2, 0.25) is 18.2 Å². The highest BCUT2D eigenvalue weighted by Gasteiger charge is 2.46. The molecule has 0 spiro atoms. The van der Waals surface area contributed by atoms with Gasteiger partial charge < -0.3 is 4.57 Å². The van der Waals surface area contributed by atoms with E-state index in [0.717, 1.165) is 0 Å². The molecule has 0 atom stereocenters. The third-order valence-electron chi connectivity index (χ3n) is 6.86. The molecule has 10 heteroatoms. The first kappa shape index (κ1) is 31.6. The summed E-state index contributed by atoms with van der Waals surface area (Å²) >= 11 is 26.2. The van der Waals surface area contributed by atoms with Crippen LogP contribution < -0.4 is 5.30 Å². The van der Waals surface area contributed by atoms with E-state index in [1.807, 2.05) is 0 Å². The first-order valence-corrected chi connectivity index (χ1v) is 16.2. The average molecular weight is 680 g/mol. The Kier molecular flexibility index (Phi) is 9.36. The number of carbonyl (C=O) groups excluding carboxylic acids is 4. The number of benzene rings is 5. The molecule has 0 radical (unpaired) electrons. The minimum atomic E-state index is -4.89. The van der Waals surface area contributed by atoms with Crippen molar-refractivity contribution in [1.82, 2.24) is 0 Å². The molecule has 44 heavy (non-hydrogen) atoms. The second-order valence-electron chi connectivity index (χ2n) is 9.51. The third kappa shape index (κ3) is 5.70. The molecule has 0 fully saturated rings. The summed E-state index contributed by atoms with van der Waals surface area (Å²) in [5.41, 5.74) is -2.98. The number of ketones is 2. The standard InChI is InChI=1S/C34H19Cl4O5P/c35-25-18-16-23(31(39)20-10-4-1-5-11-20)29(37)27(25)33(41)44(43,22-14-8-3-9-15-22)34(42)28-26(36)19-17-24(30(28)38)32(40)21-12-6-2-7-13-21/h1-19H. The molecule has 5 aromatic rings. The first-order valence-electron chi connectivity index (χ1n) is 13.0. The van der Waals surface area contributed by atoms with Crippen LogP contribution in [0.2, 0.25) is 20.1 Å². The fourth-order valence-corrected chi connectivity index (χ4v) is 8.48. The lowest BCUT2D eigenvalue weighted by atomic mass is 10.0. The van der Waals surface area contributed by atoms with Gasteiger partial charge in [0.25, 0.3) is 0 Å². The molecule has 5 rings (SSSR count). The molecular weight excluding hydrogens is 661 g/mol. The lowest BCUT2D eigenvalue weighted by Gasteiger charge is -2.20. The summed E-state index contributed by atoms with van der Waals surface area (Å²) in [6.45, 7) is 0. The van der Waals surface area contributed by atoms with E-state index in [1.165, 1.54) is 48.5 Å². The van der Waals surface area contributed by atoms with Gasteiger partial charge in [0.05, 0.1) is 31.2 Å². The van der Waals surface area contributed by atoms with Gasteiger partial charge in [0, 0.05) is 27.6 Å². The largest absolute Gasteiger partial charge is 0.302 e. The molecule has 0 bridgehead atoms. The predicted octanol–water partition coefficient (Wildman–Crippen LogP) is 9.43. The zero-order valence-electron chi connectivity index (χ0n) is 22.5. The third-order valence-corrected chi connectivity index (χ3v) is 10.9. The fourth-order valence-electron chi connectivity index (χ4n) is 4.62. The monoisotopic (exact) mass is 678 g/mol. The highest BCUT2D eigenvalue weighted by atomic mass is 35.5. The molecule has 218 valence electrons. The van der Waals surface area contributed by atoms with Gasteiger partial charge in [-0.2, -0.15) is 0 Å². The molecule has 0 aliphatic carbocycles. The maximum atomic E-state index is 15.0. The van der Waals surface area contributed by atoms with Crippen LogP contribution in [-0.2, 0) is 4.57 Å². The quantitative estimate of drug-likeness (QED) is 0.114. The van der Waals surface area contributed by atoms with Crippen molar-refractivity contribution < 1.29 is 23.7 Å². The number of carbonyl (C=O) groups is 4. The van der Waals surface area contributed by atoms with Crippen LogP contribution in [0.25, 0.3) is 0 Å². The van der Waals surface area contributed by atoms with Crippen LogP contribution in [0.4, 0.5) is 0 Å². The van der Waals surface area contributed by atoms with Gasteiger partial charge in [-0.05, 0) is 24.3 Å². The van der Waals surface area contributed by atoms with Gasteiger partial charge in [-0.15, -0.1) is 0 Å². The molecule has 0 aliphatic heterocycles. The fraction of sp³-hybridized carbons (Fsp3) is 0. The Hall–Kier alpha value is -3.83. The van der Waals surface area contributed by atoms with Crippen molar-refractivity contribution in [3.05, 3.63) is 169 Å². The number of rotatable bonds is 9. The van der Waals surface area contributed by atoms with Crippen molar-refractivity contribution >= 4 is 81.5 Å². The van der Waals surface area contributed by atoms with Gasteiger partial charge in [0.15, 0.2) is 11.6 Å². The van der Waals surface area contributed by atoms with E-state index in [0.29, 0.717) is 0 Å². The molecule has 0 aliphatic rings. The average Bonchev–Trinajstić information content (AvgIpc) is 3.05. The molecule has 0 saturated heterocycles. The van der Waals surface area contributed by atoms with Crippen molar-refractivity contribution in [1.29, 1.82) is 0 Å². The Balaban J connectivity index is 1.69. The Morgan fingerprint density at radius 3 is 1.16 bits per heavy atom. The highest BCUT2D eigenvalue weighted by molar-refractivity contribution is 8.01. The van der Waals surface area contributed by atoms with E-state index in [4.69, 9.17) is 46.4 Å².